The van der Waals surface area contributed by atoms with Crippen LogP contribution in [0.25, 0.3) is 0 Å². The summed E-state index contributed by atoms with van der Waals surface area (Å²) in [5.74, 6) is -0.140. The molecule has 0 atom stereocenters. The van der Waals surface area contributed by atoms with E-state index < -0.39 is 4.92 Å². The molecule has 0 amide bonds. The number of aromatic hydroxyl groups is 1. The van der Waals surface area contributed by atoms with Gasteiger partial charge in [0.1, 0.15) is 5.75 Å². The van der Waals surface area contributed by atoms with Gasteiger partial charge in [-0.2, -0.15) is 0 Å². The molecule has 5 nitrogen and oxygen atoms in total. The molecule has 0 unspecified atom stereocenters. The zero-order chi connectivity index (χ0) is 14.5. The maximum atomic E-state index is 11.0. The molecule has 2 N–H and O–H groups in total. The normalized spacial score (nSPS) is 10.2. The van der Waals surface area contributed by atoms with Crippen LogP contribution in [0.2, 0.25) is 0 Å². The summed E-state index contributed by atoms with van der Waals surface area (Å²) in [4.78, 5) is 10.5. The van der Waals surface area contributed by atoms with Crippen molar-refractivity contribution < 1.29 is 10.0 Å². The largest absolute Gasteiger partial charge is 0.505 e. The molecule has 20 heavy (non-hydrogen) atoms. The van der Waals surface area contributed by atoms with Crippen molar-refractivity contribution in [1.29, 1.82) is 0 Å². The summed E-state index contributed by atoms with van der Waals surface area (Å²) in [7, 11) is 0. The lowest BCUT2D eigenvalue weighted by atomic mass is 10.1. The van der Waals surface area contributed by atoms with E-state index in [1.54, 1.807) is 0 Å². The topological polar surface area (TPSA) is 75.4 Å². The van der Waals surface area contributed by atoms with Crippen LogP contribution in [-0.4, -0.2) is 16.6 Å². The lowest BCUT2D eigenvalue weighted by Gasteiger charge is -2.09. The van der Waals surface area contributed by atoms with Crippen LogP contribution in [0.1, 0.15) is 5.56 Å². The minimum absolute atomic E-state index is 0.140. The maximum Gasteiger partial charge on any atom is 0.297 e. The van der Waals surface area contributed by atoms with Gasteiger partial charge in [0.25, 0.3) is 5.69 Å². The Bertz CT molecular complexity index is 617. The lowest BCUT2D eigenvalue weighted by Crippen LogP contribution is -2.07. The van der Waals surface area contributed by atoms with Crippen LogP contribution in [0.15, 0.2) is 46.9 Å². The number of hydrogen-bond acceptors (Lipinski definition) is 4. The number of halogens is 1. The van der Waals surface area contributed by atoms with Crippen molar-refractivity contribution in [3.8, 4) is 5.75 Å². The standard InChI is InChI=1S/C14H13BrN2O3/c15-11-8-12(17(19)20)14(13(18)9-11)16-7-6-10-4-2-1-3-5-10/h1-5,8-9,16,18H,6-7H2. The number of anilines is 1. The summed E-state index contributed by atoms with van der Waals surface area (Å²) in [5.41, 5.74) is 1.12. The predicted octanol–water partition coefficient (Wildman–Crippen LogP) is 3.72. The molecule has 104 valence electrons. The average molecular weight is 337 g/mol. The smallest absolute Gasteiger partial charge is 0.297 e. The molecular weight excluding hydrogens is 324 g/mol. The number of nitro benzene ring substituents is 1. The average Bonchev–Trinajstić information content (AvgIpc) is 2.41. The summed E-state index contributed by atoms with van der Waals surface area (Å²) in [5, 5.41) is 23.7. The third kappa shape index (κ3) is 3.48. The van der Waals surface area contributed by atoms with Crippen LogP contribution in [0.5, 0.6) is 5.75 Å². The molecule has 0 fully saturated rings. The van der Waals surface area contributed by atoms with Gasteiger partial charge < -0.3 is 10.4 Å². The third-order valence-electron chi connectivity index (χ3n) is 2.82. The molecule has 2 aromatic rings. The molecule has 2 aromatic carbocycles. The Hall–Kier alpha value is -2.08. The number of benzene rings is 2. The van der Waals surface area contributed by atoms with Gasteiger partial charge in [0, 0.05) is 17.1 Å². The molecule has 0 aliphatic carbocycles. The summed E-state index contributed by atoms with van der Waals surface area (Å²) in [6.45, 7) is 0.500. The highest BCUT2D eigenvalue weighted by molar-refractivity contribution is 9.10. The Balaban J connectivity index is 2.11. The second-order valence-electron chi connectivity index (χ2n) is 4.24. The van der Waals surface area contributed by atoms with Crippen molar-refractivity contribution in [2.24, 2.45) is 0 Å². The van der Waals surface area contributed by atoms with E-state index in [1.165, 1.54) is 12.1 Å². The molecule has 0 saturated heterocycles. The van der Waals surface area contributed by atoms with Crippen LogP contribution in [-0.2, 0) is 6.42 Å². The van der Waals surface area contributed by atoms with Crippen molar-refractivity contribution in [2.45, 2.75) is 6.42 Å². The zero-order valence-corrected chi connectivity index (χ0v) is 12.1. The molecule has 0 aliphatic rings. The van der Waals surface area contributed by atoms with Crippen molar-refractivity contribution in [3.63, 3.8) is 0 Å². The highest BCUT2D eigenvalue weighted by Gasteiger charge is 2.18. The van der Waals surface area contributed by atoms with Gasteiger partial charge in [0.2, 0.25) is 0 Å². The van der Waals surface area contributed by atoms with Gasteiger partial charge in [-0.05, 0) is 18.1 Å². The summed E-state index contributed by atoms with van der Waals surface area (Å²) in [6.07, 6.45) is 0.716. The fourth-order valence-corrected chi connectivity index (χ4v) is 2.31. The highest BCUT2D eigenvalue weighted by atomic mass is 79.9. The Morgan fingerprint density at radius 1 is 1.25 bits per heavy atom. The van der Waals surface area contributed by atoms with Gasteiger partial charge in [-0.25, -0.2) is 0 Å². The fraction of sp³-hybridized carbons (Fsp3) is 0.143. The summed E-state index contributed by atoms with van der Waals surface area (Å²) >= 11 is 3.13. The van der Waals surface area contributed by atoms with Crippen LogP contribution in [0, 0.1) is 10.1 Å². The van der Waals surface area contributed by atoms with Crippen LogP contribution >= 0.6 is 15.9 Å². The lowest BCUT2D eigenvalue weighted by molar-refractivity contribution is -0.384. The Morgan fingerprint density at radius 3 is 2.60 bits per heavy atom. The molecule has 0 heterocycles. The van der Waals surface area contributed by atoms with E-state index >= 15 is 0 Å². The summed E-state index contributed by atoms with van der Waals surface area (Å²) in [6, 6.07) is 12.6. The predicted molar refractivity (Wildman–Crippen MR) is 81.1 cm³/mol. The molecule has 0 saturated carbocycles. The van der Waals surface area contributed by atoms with Gasteiger partial charge >= 0.3 is 0 Å². The molecule has 0 aliphatic heterocycles. The van der Waals surface area contributed by atoms with Crippen molar-refractivity contribution >= 4 is 27.3 Å². The summed E-state index contributed by atoms with van der Waals surface area (Å²) < 4.78 is 0.468. The molecule has 6 heteroatoms. The monoisotopic (exact) mass is 336 g/mol. The second-order valence-corrected chi connectivity index (χ2v) is 5.15. The molecule has 0 aromatic heterocycles. The van der Waals surface area contributed by atoms with Crippen LogP contribution in [0.3, 0.4) is 0 Å². The SMILES string of the molecule is O=[N+]([O-])c1cc(Br)cc(O)c1NCCc1ccccc1. The Labute approximate surface area is 124 Å². The molecular formula is C14H13BrN2O3. The van der Waals surface area contributed by atoms with E-state index in [2.05, 4.69) is 21.2 Å². The van der Waals surface area contributed by atoms with E-state index in [0.717, 1.165) is 5.56 Å². The second kappa shape index (κ2) is 6.38. The highest BCUT2D eigenvalue weighted by Crippen LogP contribution is 2.36. The van der Waals surface area contributed by atoms with E-state index in [0.29, 0.717) is 17.4 Å². The van der Waals surface area contributed by atoms with E-state index in [-0.39, 0.29) is 17.1 Å². The van der Waals surface area contributed by atoms with Crippen molar-refractivity contribution in [3.05, 3.63) is 62.6 Å². The molecule has 0 bridgehead atoms. The Morgan fingerprint density at radius 2 is 1.95 bits per heavy atom. The molecule has 0 spiro atoms. The number of nitrogens with zero attached hydrogens (tertiary/aromatic N) is 1. The van der Waals surface area contributed by atoms with Crippen molar-refractivity contribution in [2.75, 3.05) is 11.9 Å². The van der Waals surface area contributed by atoms with Gasteiger partial charge in [-0.1, -0.05) is 46.3 Å². The number of nitro groups is 1. The number of rotatable bonds is 5. The first-order valence-electron chi connectivity index (χ1n) is 6.02. The van der Waals surface area contributed by atoms with Gasteiger partial charge in [-0.15, -0.1) is 0 Å². The first-order chi connectivity index (χ1) is 9.58. The number of phenolic OH excluding ortho intramolecular Hbond substituents is 1. The van der Waals surface area contributed by atoms with Crippen LogP contribution < -0.4 is 5.32 Å². The van der Waals surface area contributed by atoms with Gasteiger partial charge in [0.15, 0.2) is 5.69 Å². The van der Waals surface area contributed by atoms with Gasteiger partial charge in [-0.3, -0.25) is 10.1 Å². The minimum atomic E-state index is -0.519. The quantitative estimate of drug-likeness (QED) is 0.495. The first kappa shape index (κ1) is 14.3. The van der Waals surface area contributed by atoms with E-state index in [4.69, 9.17) is 0 Å². The van der Waals surface area contributed by atoms with Crippen LogP contribution in [0.4, 0.5) is 11.4 Å². The maximum absolute atomic E-state index is 11.0. The number of hydrogen-bond donors (Lipinski definition) is 2. The molecule has 2 rings (SSSR count). The fourth-order valence-electron chi connectivity index (χ4n) is 1.88. The van der Waals surface area contributed by atoms with Gasteiger partial charge in [0.05, 0.1) is 4.92 Å². The first-order valence-corrected chi connectivity index (χ1v) is 6.82. The number of nitrogens with one attached hydrogen (secondary N) is 1. The number of phenols is 1. The van der Waals surface area contributed by atoms with E-state index in [1.807, 2.05) is 30.3 Å². The minimum Gasteiger partial charge on any atom is -0.505 e. The molecule has 0 radical (unpaired) electrons. The third-order valence-corrected chi connectivity index (χ3v) is 3.27. The Kier molecular flexibility index (Phi) is 4.57. The van der Waals surface area contributed by atoms with Crippen molar-refractivity contribution in [1.82, 2.24) is 0 Å². The van der Waals surface area contributed by atoms with E-state index in [9.17, 15) is 15.2 Å². The zero-order valence-electron chi connectivity index (χ0n) is 10.5.